The van der Waals surface area contributed by atoms with Crippen molar-refractivity contribution >= 4 is 5.69 Å². The monoisotopic (exact) mass is 258 g/mol. The summed E-state index contributed by atoms with van der Waals surface area (Å²) >= 11 is 0. The number of aryl methyl sites for hydroxylation is 1. The number of hydrogen-bond acceptors (Lipinski definition) is 2. The molecule has 104 valence electrons. The molecular formula is C17H26N2. The predicted octanol–water partition coefficient (Wildman–Crippen LogP) is 3.35. The second kappa shape index (κ2) is 5.16. The molecule has 0 amide bonds. The fourth-order valence-corrected chi connectivity index (χ4v) is 4.44. The number of nitrogens with two attached hydrogens (primary N) is 1. The molecule has 0 radical (unpaired) electrons. The van der Waals surface area contributed by atoms with Crippen molar-refractivity contribution in [3.05, 3.63) is 29.8 Å². The smallest absolute Gasteiger partial charge is 0.0552 e. The van der Waals surface area contributed by atoms with Gasteiger partial charge in [-0.05, 0) is 43.2 Å². The van der Waals surface area contributed by atoms with Gasteiger partial charge in [0, 0.05) is 18.8 Å². The fourth-order valence-electron chi connectivity index (χ4n) is 4.44. The summed E-state index contributed by atoms with van der Waals surface area (Å²) in [6.07, 6.45) is 7.73. The van der Waals surface area contributed by atoms with Crippen molar-refractivity contribution in [2.24, 2.45) is 11.7 Å². The van der Waals surface area contributed by atoms with E-state index >= 15 is 0 Å². The van der Waals surface area contributed by atoms with E-state index in [2.05, 4.69) is 36.1 Å². The van der Waals surface area contributed by atoms with Gasteiger partial charge in [0.25, 0.3) is 0 Å². The number of fused-ring (bicyclic) bond motifs is 1. The van der Waals surface area contributed by atoms with Gasteiger partial charge in [0.15, 0.2) is 0 Å². The lowest BCUT2D eigenvalue weighted by Crippen LogP contribution is -2.58. The van der Waals surface area contributed by atoms with Crippen LogP contribution >= 0.6 is 0 Å². The lowest BCUT2D eigenvalue weighted by Gasteiger charge is -2.49. The van der Waals surface area contributed by atoms with Crippen LogP contribution in [0.3, 0.4) is 0 Å². The SMILES string of the molecule is CCC1CCCC1(CN)N1CCCc2ccccc21. The van der Waals surface area contributed by atoms with E-state index in [1.165, 1.54) is 56.3 Å². The summed E-state index contributed by atoms with van der Waals surface area (Å²) in [6.45, 7) is 4.32. The molecule has 1 fully saturated rings. The van der Waals surface area contributed by atoms with E-state index in [4.69, 9.17) is 5.73 Å². The Morgan fingerprint density at radius 2 is 2.16 bits per heavy atom. The summed E-state index contributed by atoms with van der Waals surface area (Å²) in [5, 5.41) is 0. The molecule has 2 atom stereocenters. The molecule has 19 heavy (non-hydrogen) atoms. The van der Waals surface area contributed by atoms with E-state index in [1.807, 2.05) is 0 Å². The highest BCUT2D eigenvalue weighted by atomic mass is 15.2. The van der Waals surface area contributed by atoms with Crippen LogP contribution in [0.25, 0.3) is 0 Å². The molecule has 1 heterocycles. The van der Waals surface area contributed by atoms with Gasteiger partial charge >= 0.3 is 0 Å². The fraction of sp³-hybridized carbons (Fsp3) is 0.647. The minimum Gasteiger partial charge on any atom is -0.364 e. The average Bonchev–Trinajstić information content (AvgIpc) is 2.90. The lowest BCUT2D eigenvalue weighted by atomic mass is 9.81. The van der Waals surface area contributed by atoms with Gasteiger partial charge in [-0.1, -0.05) is 38.0 Å². The van der Waals surface area contributed by atoms with E-state index in [9.17, 15) is 0 Å². The molecule has 1 aromatic carbocycles. The van der Waals surface area contributed by atoms with Gasteiger partial charge in [-0.25, -0.2) is 0 Å². The summed E-state index contributed by atoms with van der Waals surface area (Å²) in [5.41, 5.74) is 9.48. The number of hydrogen-bond donors (Lipinski definition) is 1. The first kappa shape index (κ1) is 13.0. The number of rotatable bonds is 3. The Morgan fingerprint density at radius 1 is 1.32 bits per heavy atom. The van der Waals surface area contributed by atoms with Crippen molar-refractivity contribution in [1.29, 1.82) is 0 Å². The lowest BCUT2D eigenvalue weighted by molar-refractivity contribution is 0.286. The van der Waals surface area contributed by atoms with E-state index in [0.717, 1.165) is 12.5 Å². The van der Waals surface area contributed by atoms with E-state index in [1.54, 1.807) is 0 Å². The average molecular weight is 258 g/mol. The molecule has 1 saturated carbocycles. The second-order valence-corrected chi connectivity index (χ2v) is 6.19. The maximum absolute atomic E-state index is 6.28. The van der Waals surface area contributed by atoms with Gasteiger partial charge < -0.3 is 10.6 Å². The molecule has 3 rings (SSSR count). The highest BCUT2D eigenvalue weighted by Crippen LogP contribution is 2.45. The van der Waals surface area contributed by atoms with Gasteiger partial charge in [0.1, 0.15) is 0 Å². The Labute approximate surface area is 117 Å². The minimum absolute atomic E-state index is 0.227. The summed E-state index contributed by atoms with van der Waals surface area (Å²) in [4.78, 5) is 2.67. The van der Waals surface area contributed by atoms with Crippen LogP contribution < -0.4 is 10.6 Å². The number of benzene rings is 1. The van der Waals surface area contributed by atoms with Crippen molar-refractivity contribution in [3.8, 4) is 0 Å². The van der Waals surface area contributed by atoms with Crippen molar-refractivity contribution in [2.45, 2.75) is 51.0 Å². The molecule has 0 bridgehead atoms. The summed E-state index contributed by atoms with van der Waals surface area (Å²) in [5.74, 6) is 0.767. The summed E-state index contributed by atoms with van der Waals surface area (Å²) in [6, 6.07) is 8.94. The highest BCUT2D eigenvalue weighted by Gasteiger charge is 2.46. The van der Waals surface area contributed by atoms with Crippen molar-refractivity contribution in [2.75, 3.05) is 18.0 Å². The van der Waals surface area contributed by atoms with E-state index < -0.39 is 0 Å². The Kier molecular flexibility index (Phi) is 3.53. The summed E-state index contributed by atoms with van der Waals surface area (Å²) in [7, 11) is 0. The third kappa shape index (κ3) is 1.97. The quantitative estimate of drug-likeness (QED) is 0.901. The van der Waals surface area contributed by atoms with Crippen molar-refractivity contribution in [3.63, 3.8) is 0 Å². The van der Waals surface area contributed by atoms with Gasteiger partial charge in [0.05, 0.1) is 5.54 Å². The molecule has 1 aromatic rings. The Balaban J connectivity index is 2.01. The topological polar surface area (TPSA) is 29.3 Å². The zero-order valence-corrected chi connectivity index (χ0v) is 12.1. The maximum atomic E-state index is 6.28. The van der Waals surface area contributed by atoms with Crippen LogP contribution in [0.4, 0.5) is 5.69 Å². The first-order valence-electron chi connectivity index (χ1n) is 7.87. The van der Waals surface area contributed by atoms with Gasteiger partial charge in [-0.15, -0.1) is 0 Å². The van der Waals surface area contributed by atoms with E-state index in [-0.39, 0.29) is 5.54 Å². The molecule has 2 heteroatoms. The largest absolute Gasteiger partial charge is 0.364 e. The van der Waals surface area contributed by atoms with Crippen LogP contribution in [0.1, 0.15) is 44.6 Å². The second-order valence-electron chi connectivity index (χ2n) is 6.19. The van der Waals surface area contributed by atoms with Crippen LogP contribution in [0, 0.1) is 5.92 Å². The first-order chi connectivity index (χ1) is 9.31. The third-order valence-corrected chi connectivity index (χ3v) is 5.42. The Bertz CT molecular complexity index is 443. The van der Waals surface area contributed by atoms with Gasteiger partial charge in [-0.3, -0.25) is 0 Å². The standard InChI is InChI=1S/C17H26N2/c1-2-15-9-5-11-17(15,13-18)19-12-6-8-14-7-3-4-10-16(14)19/h3-4,7,10,15H,2,5-6,8-9,11-13,18H2,1H3. The summed E-state index contributed by atoms with van der Waals surface area (Å²) < 4.78 is 0. The molecule has 0 aromatic heterocycles. The Hall–Kier alpha value is -1.02. The number of nitrogens with zero attached hydrogens (tertiary/aromatic N) is 1. The van der Waals surface area contributed by atoms with Crippen molar-refractivity contribution in [1.82, 2.24) is 0 Å². The molecule has 2 nitrogen and oxygen atoms in total. The zero-order valence-electron chi connectivity index (χ0n) is 12.1. The first-order valence-corrected chi connectivity index (χ1v) is 7.87. The molecule has 0 spiro atoms. The normalized spacial score (nSPS) is 30.4. The number of para-hydroxylation sites is 1. The maximum Gasteiger partial charge on any atom is 0.0552 e. The molecule has 1 aliphatic heterocycles. The minimum atomic E-state index is 0.227. The molecule has 2 aliphatic rings. The van der Waals surface area contributed by atoms with Crippen LogP contribution in [0.15, 0.2) is 24.3 Å². The number of anilines is 1. The Morgan fingerprint density at radius 3 is 2.95 bits per heavy atom. The molecular weight excluding hydrogens is 232 g/mol. The van der Waals surface area contributed by atoms with Crippen LogP contribution in [0.5, 0.6) is 0 Å². The van der Waals surface area contributed by atoms with E-state index in [0.29, 0.717) is 0 Å². The van der Waals surface area contributed by atoms with Crippen LogP contribution in [0.2, 0.25) is 0 Å². The van der Waals surface area contributed by atoms with Crippen LogP contribution in [-0.2, 0) is 6.42 Å². The molecule has 2 N–H and O–H groups in total. The third-order valence-electron chi connectivity index (χ3n) is 5.42. The van der Waals surface area contributed by atoms with Gasteiger partial charge in [-0.2, -0.15) is 0 Å². The molecule has 2 unspecified atom stereocenters. The molecule has 0 saturated heterocycles. The highest BCUT2D eigenvalue weighted by molar-refractivity contribution is 5.58. The van der Waals surface area contributed by atoms with Crippen molar-refractivity contribution < 1.29 is 0 Å². The van der Waals surface area contributed by atoms with Gasteiger partial charge in [0.2, 0.25) is 0 Å². The van der Waals surface area contributed by atoms with Crippen LogP contribution in [-0.4, -0.2) is 18.6 Å². The molecule has 1 aliphatic carbocycles. The zero-order chi connectivity index (χ0) is 13.3. The predicted molar refractivity (Wildman–Crippen MR) is 81.5 cm³/mol.